The van der Waals surface area contributed by atoms with Crippen molar-refractivity contribution in [3.8, 4) is 11.5 Å². The number of carbonyl (C=O) groups excluding carboxylic acids is 1. The molecule has 0 saturated carbocycles. The number of carbonyl (C=O) groups is 1. The van der Waals surface area contributed by atoms with Crippen molar-refractivity contribution in [1.82, 2.24) is 5.48 Å². The number of rotatable bonds is 7. The molecule has 5 heteroatoms. The van der Waals surface area contributed by atoms with E-state index in [4.69, 9.17) is 14.3 Å². The first kappa shape index (κ1) is 16.6. The van der Waals surface area contributed by atoms with Gasteiger partial charge in [0.25, 0.3) is 5.91 Å². The Morgan fingerprint density at radius 2 is 1.87 bits per heavy atom. The van der Waals surface area contributed by atoms with Crippen molar-refractivity contribution >= 4 is 12.0 Å². The van der Waals surface area contributed by atoms with E-state index >= 15 is 0 Å². The zero-order chi connectivity index (χ0) is 16.5. The third-order valence-electron chi connectivity index (χ3n) is 3.11. The topological polar surface area (TPSA) is 56.8 Å². The normalized spacial score (nSPS) is 10.5. The van der Waals surface area contributed by atoms with E-state index in [0.717, 1.165) is 11.1 Å². The molecule has 2 aromatic rings. The summed E-state index contributed by atoms with van der Waals surface area (Å²) in [5.74, 6) is 0.983. The lowest BCUT2D eigenvalue weighted by Crippen LogP contribution is -2.21. The van der Waals surface area contributed by atoms with E-state index in [9.17, 15) is 4.79 Å². The number of methoxy groups -OCH3 is 2. The van der Waals surface area contributed by atoms with Gasteiger partial charge in [-0.15, -0.1) is 0 Å². The molecule has 5 nitrogen and oxygen atoms in total. The average molecular weight is 313 g/mol. The molecule has 120 valence electrons. The standard InChI is InChI=1S/C18H19NO4/c1-21-16-9-10-17(22-2)15(12-16)8-11-18(20)19-23-13-14-6-4-3-5-7-14/h3-12H,13H2,1-2H3,(H,19,20). The van der Waals surface area contributed by atoms with Gasteiger partial charge in [-0.3, -0.25) is 9.63 Å². The van der Waals surface area contributed by atoms with Gasteiger partial charge in [-0.1, -0.05) is 30.3 Å². The molecule has 0 aliphatic rings. The fourth-order valence-corrected chi connectivity index (χ4v) is 1.93. The number of hydroxylamine groups is 1. The molecular formula is C18H19NO4. The van der Waals surface area contributed by atoms with Gasteiger partial charge < -0.3 is 9.47 Å². The van der Waals surface area contributed by atoms with Crippen LogP contribution in [0, 0.1) is 0 Å². The molecule has 0 aliphatic carbocycles. The van der Waals surface area contributed by atoms with Gasteiger partial charge in [0.05, 0.1) is 20.8 Å². The second-order valence-electron chi connectivity index (χ2n) is 4.68. The number of nitrogens with one attached hydrogen (secondary N) is 1. The highest BCUT2D eigenvalue weighted by Gasteiger charge is 2.03. The number of hydrogen-bond donors (Lipinski definition) is 1. The van der Waals surface area contributed by atoms with Crippen molar-refractivity contribution in [2.45, 2.75) is 6.61 Å². The molecule has 0 fully saturated rings. The highest BCUT2D eigenvalue weighted by molar-refractivity contribution is 5.91. The van der Waals surface area contributed by atoms with Crippen molar-refractivity contribution in [3.05, 3.63) is 65.7 Å². The van der Waals surface area contributed by atoms with Gasteiger partial charge in [0.2, 0.25) is 0 Å². The van der Waals surface area contributed by atoms with Gasteiger partial charge in [0, 0.05) is 11.6 Å². The van der Waals surface area contributed by atoms with Crippen LogP contribution in [0.1, 0.15) is 11.1 Å². The minimum Gasteiger partial charge on any atom is -0.497 e. The van der Waals surface area contributed by atoms with E-state index in [1.807, 2.05) is 30.3 Å². The Labute approximate surface area is 135 Å². The Bertz CT molecular complexity index is 668. The van der Waals surface area contributed by atoms with E-state index in [0.29, 0.717) is 18.1 Å². The Morgan fingerprint density at radius 3 is 2.57 bits per heavy atom. The summed E-state index contributed by atoms with van der Waals surface area (Å²) in [5, 5.41) is 0. The summed E-state index contributed by atoms with van der Waals surface area (Å²) < 4.78 is 10.4. The summed E-state index contributed by atoms with van der Waals surface area (Å²) in [6, 6.07) is 14.9. The van der Waals surface area contributed by atoms with Crippen molar-refractivity contribution in [2.75, 3.05) is 14.2 Å². The molecule has 0 heterocycles. The molecule has 23 heavy (non-hydrogen) atoms. The molecule has 1 amide bonds. The lowest BCUT2D eigenvalue weighted by Gasteiger charge is -2.07. The molecule has 0 aromatic heterocycles. The second kappa shape index (κ2) is 8.60. The van der Waals surface area contributed by atoms with Crippen LogP contribution in [-0.2, 0) is 16.2 Å². The molecule has 2 aromatic carbocycles. The van der Waals surface area contributed by atoms with Gasteiger partial charge in [-0.2, -0.15) is 0 Å². The maximum absolute atomic E-state index is 11.8. The predicted octanol–water partition coefficient (Wildman–Crippen LogP) is 2.97. The zero-order valence-corrected chi connectivity index (χ0v) is 13.1. The van der Waals surface area contributed by atoms with E-state index in [-0.39, 0.29) is 5.91 Å². The first-order chi connectivity index (χ1) is 11.2. The fraction of sp³-hybridized carbons (Fsp3) is 0.167. The maximum Gasteiger partial charge on any atom is 0.267 e. The van der Waals surface area contributed by atoms with Gasteiger partial charge >= 0.3 is 0 Å². The monoisotopic (exact) mass is 313 g/mol. The Kier molecular flexibility index (Phi) is 6.20. The summed E-state index contributed by atoms with van der Waals surface area (Å²) in [5.41, 5.74) is 4.09. The van der Waals surface area contributed by atoms with Crippen LogP contribution in [0.15, 0.2) is 54.6 Å². The highest BCUT2D eigenvalue weighted by atomic mass is 16.6. The second-order valence-corrected chi connectivity index (χ2v) is 4.68. The zero-order valence-electron chi connectivity index (χ0n) is 13.1. The first-order valence-electron chi connectivity index (χ1n) is 7.08. The van der Waals surface area contributed by atoms with Crippen LogP contribution in [-0.4, -0.2) is 20.1 Å². The van der Waals surface area contributed by atoms with Crippen LogP contribution in [0.5, 0.6) is 11.5 Å². The van der Waals surface area contributed by atoms with Crippen molar-refractivity contribution in [1.29, 1.82) is 0 Å². The van der Waals surface area contributed by atoms with Crippen LogP contribution in [0.25, 0.3) is 6.08 Å². The van der Waals surface area contributed by atoms with Gasteiger partial charge in [-0.25, -0.2) is 5.48 Å². The van der Waals surface area contributed by atoms with E-state index in [1.165, 1.54) is 6.08 Å². The molecule has 2 rings (SSSR count). The Balaban J connectivity index is 1.90. The molecule has 0 radical (unpaired) electrons. The van der Waals surface area contributed by atoms with E-state index in [1.54, 1.807) is 38.5 Å². The molecule has 1 N–H and O–H groups in total. The Hall–Kier alpha value is -2.79. The molecule has 0 spiro atoms. The summed E-state index contributed by atoms with van der Waals surface area (Å²) in [4.78, 5) is 16.9. The SMILES string of the molecule is COc1ccc(OC)c(C=CC(=O)NOCc2ccccc2)c1. The van der Waals surface area contributed by atoms with E-state index in [2.05, 4.69) is 5.48 Å². The minimum atomic E-state index is -0.356. The molecule has 0 unspecified atom stereocenters. The summed E-state index contributed by atoms with van der Waals surface area (Å²) in [6.45, 7) is 0.308. The van der Waals surface area contributed by atoms with Crippen LogP contribution in [0.4, 0.5) is 0 Å². The third-order valence-corrected chi connectivity index (χ3v) is 3.11. The third kappa shape index (κ3) is 5.16. The van der Waals surface area contributed by atoms with Crippen molar-refractivity contribution < 1.29 is 19.1 Å². The lowest BCUT2D eigenvalue weighted by molar-refractivity contribution is -0.129. The van der Waals surface area contributed by atoms with Gasteiger partial charge in [-0.05, 0) is 29.8 Å². The quantitative estimate of drug-likeness (QED) is 0.631. The van der Waals surface area contributed by atoms with E-state index < -0.39 is 0 Å². The smallest absolute Gasteiger partial charge is 0.267 e. The minimum absolute atomic E-state index is 0.308. The van der Waals surface area contributed by atoms with Crippen molar-refractivity contribution in [2.24, 2.45) is 0 Å². The largest absolute Gasteiger partial charge is 0.497 e. The number of hydrogen-bond acceptors (Lipinski definition) is 4. The van der Waals surface area contributed by atoms with Crippen LogP contribution >= 0.6 is 0 Å². The fourth-order valence-electron chi connectivity index (χ4n) is 1.93. The van der Waals surface area contributed by atoms with Crippen LogP contribution in [0.2, 0.25) is 0 Å². The van der Waals surface area contributed by atoms with Gasteiger partial charge in [0.1, 0.15) is 11.5 Å². The molecular weight excluding hydrogens is 294 g/mol. The highest BCUT2D eigenvalue weighted by Crippen LogP contribution is 2.24. The van der Waals surface area contributed by atoms with Crippen molar-refractivity contribution in [3.63, 3.8) is 0 Å². The molecule has 0 saturated heterocycles. The molecule has 0 bridgehead atoms. The number of benzene rings is 2. The van der Waals surface area contributed by atoms with Gasteiger partial charge in [0.15, 0.2) is 0 Å². The number of amides is 1. The van der Waals surface area contributed by atoms with Crippen LogP contribution in [0.3, 0.4) is 0 Å². The lowest BCUT2D eigenvalue weighted by atomic mass is 10.1. The average Bonchev–Trinajstić information content (AvgIpc) is 2.60. The number of ether oxygens (including phenoxy) is 2. The van der Waals surface area contributed by atoms with Crippen LogP contribution < -0.4 is 15.0 Å². The molecule has 0 atom stereocenters. The summed E-state index contributed by atoms with van der Waals surface area (Å²) in [6.07, 6.45) is 3.02. The molecule has 0 aliphatic heterocycles. The maximum atomic E-state index is 11.8. The summed E-state index contributed by atoms with van der Waals surface area (Å²) >= 11 is 0. The predicted molar refractivity (Wildman–Crippen MR) is 88.0 cm³/mol. The Morgan fingerprint density at radius 1 is 1.09 bits per heavy atom. The first-order valence-corrected chi connectivity index (χ1v) is 7.08. The summed E-state index contributed by atoms with van der Waals surface area (Å²) in [7, 11) is 3.15.